The lowest BCUT2D eigenvalue weighted by Gasteiger charge is -2.19. The maximum absolute atomic E-state index is 11.9. The molecule has 5 heteroatoms. The fourth-order valence-electron chi connectivity index (χ4n) is 2.86. The molecule has 1 aromatic carbocycles. The second-order valence-electron chi connectivity index (χ2n) is 5.87. The Morgan fingerprint density at radius 2 is 2.13 bits per heavy atom. The van der Waals surface area contributed by atoms with Crippen molar-refractivity contribution in [1.29, 1.82) is 0 Å². The van der Waals surface area contributed by atoms with Crippen molar-refractivity contribution in [2.75, 3.05) is 11.4 Å². The molecule has 0 spiro atoms. The molecule has 2 heterocycles. The number of furan rings is 1. The minimum atomic E-state index is -0.0819. The van der Waals surface area contributed by atoms with E-state index in [4.69, 9.17) is 9.52 Å². The molecule has 1 aromatic heterocycles. The number of anilines is 1. The summed E-state index contributed by atoms with van der Waals surface area (Å²) in [6.45, 7) is 3.40. The van der Waals surface area contributed by atoms with Gasteiger partial charge in [0, 0.05) is 24.7 Å². The zero-order valence-electron chi connectivity index (χ0n) is 13.3. The molecule has 122 valence electrons. The summed E-state index contributed by atoms with van der Waals surface area (Å²) in [5.74, 6) is 1.57. The minimum absolute atomic E-state index is 0.0819. The molecule has 1 aliphatic rings. The molecule has 0 saturated carbocycles. The van der Waals surface area contributed by atoms with Gasteiger partial charge in [0.2, 0.25) is 5.91 Å². The number of rotatable bonds is 6. The topological polar surface area (TPSA) is 65.7 Å². The Kier molecular flexibility index (Phi) is 4.79. The van der Waals surface area contributed by atoms with Crippen LogP contribution in [0.5, 0.6) is 0 Å². The Hall–Kier alpha value is -2.11. The van der Waals surface area contributed by atoms with Crippen molar-refractivity contribution in [3.05, 3.63) is 53.5 Å². The highest BCUT2D eigenvalue weighted by atomic mass is 16.4. The van der Waals surface area contributed by atoms with Crippen molar-refractivity contribution < 1.29 is 14.3 Å². The number of hydrogen-bond acceptors (Lipinski definition) is 4. The Morgan fingerprint density at radius 3 is 2.83 bits per heavy atom. The van der Waals surface area contributed by atoms with Crippen LogP contribution in [0, 0.1) is 0 Å². The predicted molar refractivity (Wildman–Crippen MR) is 87.9 cm³/mol. The monoisotopic (exact) mass is 314 g/mol. The van der Waals surface area contributed by atoms with Crippen LogP contribution in [-0.2, 0) is 17.9 Å². The van der Waals surface area contributed by atoms with Crippen LogP contribution in [0.15, 0.2) is 40.8 Å². The number of benzene rings is 1. The summed E-state index contributed by atoms with van der Waals surface area (Å²) < 4.78 is 5.47. The van der Waals surface area contributed by atoms with Crippen molar-refractivity contribution in [3.63, 3.8) is 0 Å². The Bertz CT molecular complexity index is 680. The number of hydrogen-bond donors (Lipinski definition) is 2. The number of aliphatic hydroxyl groups is 1. The smallest absolute Gasteiger partial charge is 0.227 e. The number of nitrogens with one attached hydrogen (secondary N) is 1. The Balaban J connectivity index is 1.65. The maximum atomic E-state index is 11.9. The van der Waals surface area contributed by atoms with E-state index >= 15 is 0 Å². The van der Waals surface area contributed by atoms with Crippen LogP contribution in [0.2, 0.25) is 0 Å². The van der Waals surface area contributed by atoms with Gasteiger partial charge in [-0.15, -0.1) is 0 Å². The molecular formula is C18H22N2O3. The lowest BCUT2D eigenvalue weighted by Crippen LogP contribution is -2.24. The molecule has 5 nitrogen and oxygen atoms in total. The largest absolute Gasteiger partial charge is 0.462 e. The summed E-state index contributed by atoms with van der Waals surface area (Å²) in [4.78, 5) is 13.7. The molecule has 1 atom stereocenters. The lowest BCUT2D eigenvalue weighted by atomic mass is 10.1. The van der Waals surface area contributed by atoms with E-state index in [1.165, 1.54) is 0 Å². The van der Waals surface area contributed by atoms with E-state index in [0.29, 0.717) is 18.7 Å². The standard InChI is InChI=1S/C18H22N2O3/c1-13(19-11-16-7-8-17(12-21)23-16)14-4-2-5-15(10-14)20-9-3-6-18(20)22/h2,4-5,7-8,10,13,19,21H,3,6,9,11-12H2,1H3/t13-/m0/s1. The molecule has 23 heavy (non-hydrogen) atoms. The van der Waals surface area contributed by atoms with Crippen LogP contribution in [0.4, 0.5) is 5.69 Å². The molecule has 0 unspecified atom stereocenters. The van der Waals surface area contributed by atoms with Crippen molar-refractivity contribution in [2.45, 2.75) is 39.0 Å². The van der Waals surface area contributed by atoms with E-state index in [0.717, 1.165) is 30.0 Å². The zero-order chi connectivity index (χ0) is 16.2. The molecular weight excluding hydrogens is 292 g/mol. The van der Waals surface area contributed by atoms with E-state index < -0.39 is 0 Å². The highest BCUT2D eigenvalue weighted by Gasteiger charge is 2.22. The molecule has 0 radical (unpaired) electrons. The van der Waals surface area contributed by atoms with Gasteiger partial charge in [0.25, 0.3) is 0 Å². The first-order valence-corrected chi connectivity index (χ1v) is 7.99. The van der Waals surface area contributed by atoms with Crippen molar-refractivity contribution in [1.82, 2.24) is 5.32 Å². The van der Waals surface area contributed by atoms with Crippen molar-refractivity contribution in [3.8, 4) is 0 Å². The number of amides is 1. The van der Waals surface area contributed by atoms with Gasteiger partial charge in [0.15, 0.2) is 0 Å². The highest BCUT2D eigenvalue weighted by Crippen LogP contribution is 2.25. The van der Waals surface area contributed by atoms with Crippen LogP contribution in [-0.4, -0.2) is 17.6 Å². The van der Waals surface area contributed by atoms with Gasteiger partial charge < -0.3 is 19.7 Å². The van der Waals surface area contributed by atoms with Gasteiger partial charge in [0.05, 0.1) is 6.54 Å². The van der Waals surface area contributed by atoms with Crippen molar-refractivity contribution >= 4 is 11.6 Å². The van der Waals surface area contributed by atoms with E-state index in [2.05, 4.69) is 24.4 Å². The third kappa shape index (κ3) is 3.63. The second-order valence-corrected chi connectivity index (χ2v) is 5.87. The van der Waals surface area contributed by atoms with E-state index in [9.17, 15) is 4.79 Å². The van der Waals surface area contributed by atoms with Gasteiger partial charge in [-0.1, -0.05) is 12.1 Å². The van der Waals surface area contributed by atoms with Crippen LogP contribution >= 0.6 is 0 Å². The van der Waals surface area contributed by atoms with E-state index in [1.54, 1.807) is 6.07 Å². The zero-order valence-corrected chi connectivity index (χ0v) is 13.3. The normalized spacial score (nSPS) is 16.1. The third-order valence-electron chi connectivity index (χ3n) is 4.21. The first-order valence-electron chi connectivity index (χ1n) is 7.99. The minimum Gasteiger partial charge on any atom is -0.462 e. The van der Waals surface area contributed by atoms with E-state index in [1.807, 2.05) is 23.1 Å². The molecule has 0 aliphatic carbocycles. The van der Waals surface area contributed by atoms with Gasteiger partial charge >= 0.3 is 0 Å². The first-order chi connectivity index (χ1) is 11.2. The second kappa shape index (κ2) is 6.98. The summed E-state index contributed by atoms with van der Waals surface area (Å²) in [5.41, 5.74) is 2.11. The summed E-state index contributed by atoms with van der Waals surface area (Å²) >= 11 is 0. The Labute approximate surface area is 135 Å². The lowest BCUT2D eigenvalue weighted by molar-refractivity contribution is -0.117. The number of carbonyl (C=O) groups is 1. The number of carbonyl (C=O) groups excluding carboxylic acids is 1. The molecule has 1 fully saturated rings. The summed E-state index contributed by atoms with van der Waals surface area (Å²) in [6.07, 6.45) is 1.58. The van der Waals surface area contributed by atoms with Crippen molar-refractivity contribution in [2.24, 2.45) is 0 Å². The first kappa shape index (κ1) is 15.8. The summed E-state index contributed by atoms with van der Waals surface area (Å²) in [7, 11) is 0. The molecule has 2 N–H and O–H groups in total. The predicted octanol–water partition coefficient (Wildman–Crippen LogP) is 2.75. The average molecular weight is 314 g/mol. The van der Waals surface area contributed by atoms with Gasteiger partial charge in [-0.3, -0.25) is 4.79 Å². The number of nitrogens with zero attached hydrogens (tertiary/aromatic N) is 1. The van der Waals surface area contributed by atoms with Crippen LogP contribution < -0.4 is 10.2 Å². The molecule has 1 saturated heterocycles. The molecule has 0 bridgehead atoms. The molecule has 3 rings (SSSR count). The summed E-state index contributed by atoms with van der Waals surface area (Å²) in [5, 5.41) is 12.4. The van der Waals surface area contributed by atoms with Crippen LogP contribution in [0.25, 0.3) is 0 Å². The van der Waals surface area contributed by atoms with Crippen LogP contribution in [0.3, 0.4) is 0 Å². The molecule has 1 amide bonds. The fourth-order valence-corrected chi connectivity index (χ4v) is 2.86. The van der Waals surface area contributed by atoms with Gasteiger partial charge in [-0.05, 0) is 43.2 Å². The third-order valence-corrected chi connectivity index (χ3v) is 4.21. The van der Waals surface area contributed by atoms with Gasteiger partial charge in [0.1, 0.15) is 18.1 Å². The van der Waals surface area contributed by atoms with Gasteiger partial charge in [-0.25, -0.2) is 0 Å². The molecule has 2 aromatic rings. The average Bonchev–Trinajstić information content (AvgIpc) is 3.21. The number of aliphatic hydroxyl groups excluding tert-OH is 1. The van der Waals surface area contributed by atoms with Gasteiger partial charge in [-0.2, -0.15) is 0 Å². The molecule has 1 aliphatic heterocycles. The quantitative estimate of drug-likeness (QED) is 0.860. The summed E-state index contributed by atoms with van der Waals surface area (Å²) in [6, 6.07) is 11.9. The highest BCUT2D eigenvalue weighted by molar-refractivity contribution is 5.95. The van der Waals surface area contributed by atoms with E-state index in [-0.39, 0.29) is 18.6 Å². The Morgan fingerprint density at radius 1 is 1.30 bits per heavy atom. The fraction of sp³-hybridized carbons (Fsp3) is 0.389. The maximum Gasteiger partial charge on any atom is 0.227 e. The SMILES string of the molecule is C[C@H](NCc1ccc(CO)o1)c1cccc(N2CCCC2=O)c1. The van der Waals surface area contributed by atoms with Crippen LogP contribution in [0.1, 0.15) is 42.9 Å².